The molecule has 4 rings (SSSR count). The minimum Gasteiger partial charge on any atom is -0.494 e. The number of para-hydroxylation sites is 1. The largest absolute Gasteiger partial charge is 0.494 e. The smallest absolute Gasteiger partial charge is 0.263 e. The number of sulfonamides is 1. The molecule has 0 saturated carbocycles. The fraction of sp³-hybridized carbons (Fsp3) is 0.143. The zero-order valence-corrected chi connectivity index (χ0v) is 16.8. The first-order valence-electron chi connectivity index (χ1n) is 9.15. The lowest BCUT2D eigenvalue weighted by molar-refractivity contribution is 0.340. The minimum atomic E-state index is -3.80. The quantitative estimate of drug-likeness (QED) is 0.522. The van der Waals surface area contributed by atoms with E-state index in [0.717, 1.165) is 10.9 Å². The second-order valence-corrected chi connectivity index (χ2v) is 8.14. The number of rotatable bonds is 6. The molecule has 0 unspecified atom stereocenters. The van der Waals surface area contributed by atoms with E-state index in [-0.39, 0.29) is 4.90 Å². The molecule has 0 aliphatic rings. The number of nitrogens with zero attached hydrogens (tertiary/aromatic N) is 3. The van der Waals surface area contributed by atoms with Crippen molar-refractivity contribution in [2.45, 2.75) is 18.7 Å². The lowest BCUT2D eigenvalue weighted by Gasteiger charge is -2.11. The van der Waals surface area contributed by atoms with Crippen LogP contribution in [0.25, 0.3) is 16.7 Å². The Balaban J connectivity index is 1.68. The molecule has 2 aromatic carbocycles. The molecule has 0 amide bonds. The first-order valence-corrected chi connectivity index (χ1v) is 10.6. The Kier molecular flexibility index (Phi) is 4.94. The molecular weight excluding hydrogens is 388 g/mol. The molecule has 29 heavy (non-hydrogen) atoms. The molecule has 2 heterocycles. The number of nitrogens with one attached hydrogen (secondary N) is 1. The van der Waals surface area contributed by atoms with Gasteiger partial charge in [-0.15, -0.1) is 0 Å². The number of aromatic nitrogens is 3. The number of benzene rings is 2. The van der Waals surface area contributed by atoms with E-state index < -0.39 is 10.0 Å². The van der Waals surface area contributed by atoms with Gasteiger partial charge < -0.3 is 4.74 Å². The summed E-state index contributed by atoms with van der Waals surface area (Å²) in [6.07, 6.45) is 0. The number of fused-ring (bicyclic) bond motifs is 1. The zero-order valence-electron chi connectivity index (χ0n) is 16.0. The molecule has 0 aliphatic carbocycles. The third-order valence-electron chi connectivity index (χ3n) is 4.32. The monoisotopic (exact) mass is 408 g/mol. The van der Waals surface area contributed by atoms with Crippen molar-refractivity contribution in [3.63, 3.8) is 0 Å². The topological polar surface area (TPSA) is 86.1 Å². The summed E-state index contributed by atoms with van der Waals surface area (Å²) in [4.78, 5) is 4.74. The summed E-state index contributed by atoms with van der Waals surface area (Å²) in [5.41, 5.74) is 1.47. The maximum atomic E-state index is 12.9. The maximum Gasteiger partial charge on any atom is 0.263 e. The summed E-state index contributed by atoms with van der Waals surface area (Å²) in [6, 6.07) is 19.4. The van der Waals surface area contributed by atoms with Crippen LogP contribution < -0.4 is 9.46 Å². The Labute approximate surface area is 169 Å². The Morgan fingerprint density at radius 2 is 1.79 bits per heavy atom. The Morgan fingerprint density at radius 1 is 1.03 bits per heavy atom. The van der Waals surface area contributed by atoms with E-state index in [4.69, 9.17) is 4.74 Å². The number of hydrogen-bond donors (Lipinski definition) is 1. The van der Waals surface area contributed by atoms with E-state index in [9.17, 15) is 8.42 Å². The van der Waals surface area contributed by atoms with Crippen molar-refractivity contribution in [3.8, 4) is 11.6 Å². The first kappa shape index (κ1) is 18.9. The summed E-state index contributed by atoms with van der Waals surface area (Å²) in [6.45, 7) is 4.18. The van der Waals surface area contributed by atoms with Crippen molar-refractivity contribution in [2.75, 3.05) is 11.3 Å². The van der Waals surface area contributed by atoms with Gasteiger partial charge in [0.25, 0.3) is 10.0 Å². The third-order valence-corrected chi connectivity index (χ3v) is 5.69. The van der Waals surface area contributed by atoms with Gasteiger partial charge in [0.05, 0.1) is 22.7 Å². The number of hydrogen-bond acceptors (Lipinski definition) is 5. The standard InChI is InChI=1S/C21H20N4O3S/c1-3-28-17-9-11-18(12-10-17)29(26,27)24-21-14-15(2)23-25(21)20-13-8-16-6-4-5-7-19(16)22-20/h4-14,24H,3H2,1-2H3. The summed E-state index contributed by atoms with van der Waals surface area (Å²) < 4.78 is 35.2. The highest BCUT2D eigenvalue weighted by Crippen LogP contribution is 2.23. The highest BCUT2D eigenvalue weighted by Gasteiger charge is 2.19. The number of ether oxygens (including phenoxy) is 1. The third kappa shape index (κ3) is 3.93. The Hall–Kier alpha value is -3.39. The van der Waals surface area contributed by atoms with Gasteiger partial charge in [-0.05, 0) is 56.3 Å². The Bertz CT molecular complexity index is 1260. The minimum absolute atomic E-state index is 0.137. The predicted octanol–water partition coefficient (Wildman–Crippen LogP) is 3.93. The Morgan fingerprint density at radius 3 is 2.55 bits per heavy atom. The van der Waals surface area contributed by atoms with Crippen molar-refractivity contribution in [2.24, 2.45) is 0 Å². The van der Waals surface area contributed by atoms with Gasteiger partial charge in [-0.3, -0.25) is 4.72 Å². The molecular formula is C21H20N4O3S. The van der Waals surface area contributed by atoms with Crippen molar-refractivity contribution in [1.82, 2.24) is 14.8 Å². The van der Waals surface area contributed by atoms with Crippen molar-refractivity contribution in [3.05, 3.63) is 72.4 Å². The van der Waals surface area contributed by atoms with Gasteiger partial charge in [-0.2, -0.15) is 9.78 Å². The van der Waals surface area contributed by atoms with E-state index in [0.29, 0.717) is 29.7 Å². The summed E-state index contributed by atoms with van der Waals surface area (Å²) in [5.74, 6) is 1.47. The number of anilines is 1. The number of aryl methyl sites for hydroxylation is 1. The van der Waals surface area contributed by atoms with E-state index in [1.165, 1.54) is 16.8 Å². The van der Waals surface area contributed by atoms with Crippen LogP contribution in [0.15, 0.2) is 71.6 Å². The second kappa shape index (κ2) is 7.56. The summed E-state index contributed by atoms with van der Waals surface area (Å²) in [5, 5.41) is 5.41. The van der Waals surface area contributed by atoms with Crippen LogP contribution in [0.3, 0.4) is 0 Å². The van der Waals surface area contributed by atoms with Gasteiger partial charge in [0.1, 0.15) is 11.6 Å². The van der Waals surface area contributed by atoms with Crippen LogP contribution in [0.1, 0.15) is 12.6 Å². The lowest BCUT2D eigenvalue weighted by atomic mass is 10.2. The van der Waals surface area contributed by atoms with Gasteiger partial charge in [0, 0.05) is 11.5 Å². The molecule has 0 radical (unpaired) electrons. The molecule has 4 aromatic rings. The van der Waals surface area contributed by atoms with E-state index in [1.54, 1.807) is 25.1 Å². The van der Waals surface area contributed by atoms with Crippen LogP contribution >= 0.6 is 0 Å². The molecule has 0 spiro atoms. The summed E-state index contributed by atoms with van der Waals surface area (Å²) >= 11 is 0. The fourth-order valence-corrected chi connectivity index (χ4v) is 4.03. The van der Waals surface area contributed by atoms with Gasteiger partial charge >= 0.3 is 0 Å². The van der Waals surface area contributed by atoms with Gasteiger partial charge in [0.15, 0.2) is 5.82 Å². The SMILES string of the molecule is CCOc1ccc(S(=O)(=O)Nc2cc(C)nn2-c2ccc3ccccc3n2)cc1. The molecule has 0 atom stereocenters. The second-order valence-electron chi connectivity index (χ2n) is 6.45. The van der Waals surface area contributed by atoms with E-state index in [1.807, 2.05) is 43.3 Å². The average Bonchev–Trinajstić information content (AvgIpc) is 3.07. The first-order chi connectivity index (χ1) is 14.0. The van der Waals surface area contributed by atoms with Crippen LogP contribution in [-0.4, -0.2) is 29.8 Å². The van der Waals surface area contributed by atoms with Crippen molar-refractivity contribution in [1.29, 1.82) is 0 Å². The van der Waals surface area contributed by atoms with Crippen LogP contribution in [-0.2, 0) is 10.0 Å². The predicted molar refractivity (Wildman–Crippen MR) is 112 cm³/mol. The molecule has 2 aromatic heterocycles. The van der Waals surface area contributed by atoms with Crippen molar-refractivity contribution < 1.29 is 13.2 Å². The highest BCUT2D eigenvalue weighted by atomic mass is 32.2. The molecule has 0 fully saturated rings. The van der Waals surface area contributed by atoms with Crippen molar-refractivity contribution >= 4 is 26.7 Å². The zero-order chi connectivity index (χ0) is 20.4. The van der Waals surface area contributed by atoms with Crippen LogP contribution in [0.2, 0.25) is 0 Å². The van der Waals surface area contributed by atoms with E-state index in [2.05, 4.69) is 14.8 Å². The molecule has 0 aliphatic heterocycles. The molecule has 8 heteroatoms. The molecule has 1 N–H and O–H groups in total. The molecule has 0 bridgehead atoms. The van der Waals surface area contributed by atoms with Gasteiger partial charge in [0.2, 0.25) is 0 Å². The maximum absolute atomic E-state index is 12.9. The molecule has 7 nitrogen and oxygen atoms in total. The number of pyridine rings is 1. The average molecular weight is 408 g/mol. The molecule has 148 valence electrons. The van der Waals surface area contributed by atoms with Crippen LogP contribution in [0.4, 0.5) is 5.82 Å². The van der Waals surface area contributed by atoms with Gasteiger partial charge in [-0.25, -0.2) is 13.4 Å². The van der Waals surface area contributed by atoms with Crippen LogP contribution in [0.5, 0.6) is 5.75 Å². The summed E-state index contributed by atoms with van der Waals surface area (Å²) in [7, 11) is -3.80. The van der Waals surface area contributed by atoms with Gasteiger partial charge in [-0.1, -0.05) is 18.2 Å². The fourth-order valence-electron chi connectivity index (χ4n) is 3.00. The van der Waals surface area contributed by atoms with E-state index >= 15 is 0 Å². The normalized spacial score (nSPS) is 11.5. The molecule has 0 saturated heterocycles. The highest BCUT2D eigenvalue weighted by molar-refractivity contribution is 7.92. The van der Waals surface area contributed by atoms with Crippen LogP contribution in [0, 0.1) is 6.92 Å². The lowest BCUT2D eigenvalue weighted by Crippen LogP contribution is -2.16.